The van der Waals surface area contributed by atoms with Crippen molar-refractivity contribution in [3.8, 4) is 0 Å². The van der Waals surface area contributed by atoms with Gasteiger partial charge >= 0.3 is 5.97 Å². The first-order valence-electron chi connectivity index (χ1n) is 5.88. The van der Waals surface area contributed by atoms with Crippen molar-refractivity contribution in [1.29, 1.82) is 0 Å². The number of rotatable bonds is 7. The minimum atomic E-state index is -1.09. The molecule has 0 radical (unpaired) electrons. The summed E-state index contributed by atoms with van der Waals surface area (Å²) < 4.78 is 4.85. The molecule has 0 aliphatic carbocycles. The number of hydrogen-bond donors (Lipinski definition) is 3. The van der Waals surface area contributed by atoms with Crippen molar-refractivity contribution in [3.05, 3.63) is 24.2 Å². The molecule has 0 aliphatic rings. The fourth-order valence-electron chi connectivity index (χ4n) is 1.45. The average Bonchev–Trinajstić information content (AvgIpc) is 2.89. The Morgan fingerprint density at radius 1 is 1.42 bits per heavy atom. The average molecular weight is 268 g/mol. The van der Waals surface area contributed by atoms with Crippen LogP contribution in [0.15, 0.2) is 22.8 Å². The Kier molecular flexibility index (Phi) is 5.59. The molecule has 7 heteroatoms. The third kappa shape index (κ3) is 4.82. The molecule has 1 atom stereocenters. The van der Waals surface area contributed by atoms with Gasteiger partial charge in [-0.3, -0.25) is 9.59 Å². The van der Waals surface area contributed by atoms with Gasteiger partial charge in [-0.2, -0.15) is 0 Å². The van der Waals surface area contributed by atoms with Crippen molar-refractivity contribution in [2.24, 2.45) is 0 Å². The van der Waals surface area contributed by atoms with Gasteiger partial charge in [-0.1, -0.05) is 13.3 Å². The minimum absolute atomic E-state index is 0.0937. The second-order valence-electron chi connectivity index (χ2n) is 3.91. The van der Waals surface area contributed by atoms with E-state index in [0.717, 1.165) is 0 Å². The van der Waals surface area contributed by atoms with Gasteiger partial charge in [0.05, 0.1) is 12.8 Å². The maximum Gasteiger partial charge on any atom is 0.326 e. The zero-order chi connectivity index (χ0) is 14.3. The van der Waals surface area contributed by atoms with Crippen LogP contribution in [0.2, 0.25) is 0 Å². The maximum absolute atomic E-state index is 11.5. The first kappa shape index (κ1) is 14.7. The standard InChI is InChI=1S/C12H16N2O5/c1-2-4-8(12(17)18)14-10(15)7-13-11(16)9-5-3-6-19-9/h3,5-6,8H,2,4,7H2,1H3,(H,13,16)(H,14,15)(H,17,18). The lowest BCUT2D eigenvalue weighted by molar-refractivity contribution is -0.141. The van der Waals surface area contributed by atoms with Gasteiger partial charge in [0.15, 0.2) is 5.76 Å². The topological polar surface area (TPSA) is 109 Å². The molecule has 1 unspecified atom stereocenters. The number of hydrogen-bond acceptors (Lipinski definition) is 4. The summed E-state index contributed by atoms with van der Waals surface area (Å²) in [7, 11) is 0. The predicted molar refractivity (Wildman–Crippen MR) is 65.5 cm³/mol. The molecule has 0 aliphatic heterocycles. The molecule has 1 rings (SSSR count). The van der Waals surface area contributed by atoms with E-state index in [9.17, 15) is 14.4 Å². The van der Waals surface area contributed by atoms with Crippen molar-refractivity contribution >= 4 is 17.8 Å². The van der Waals surface area contributed by atoms with E-state index in [1.165, 1.54) is 12.3 Å². The number of carbonyl (C=O) groups is 3. The summed E-state index contributed by atoms with van der Waals surface area (Å²) in [5.41, 5.74) is 0. The molecule has 104 valence electrons. The maximum atomic E-state index is 11.5. The van der Waals surface area contributed by atoms with Crippen molar-refractivity contribution in [2.75, 3.05) is 6.54 Å². The predicted octanol–water partition coefficient (Wildman–Crippen LogP) is 0.379. The lowest BCUT2D eigenvalue weighted by Crippen LogP contribution is -2.45. The molecule has 19 heavy (non-hydrogen) atoms. The zero-order valence-electron chi connectivity index (χ0n) is 10.5. The third-order valence-corrected chi connectivity index (χ3v) is 2.37. The molecule has 0 aromatic carbocycles. The summed E-state index contributed by atoms with van der Waals surface area (Å²) in [6.45, 7) is 1.52. The molecule has 3 N–H and O–H groups in total. The minimum Gasteiger partial charge on any atom is -0.480 e. The fourth-order valence-corrected chi connectivity index (χ4v) is 1.45. The Labute approximate surface area is 110 Å². The van der Waals surface area contributed by atoms with E-state index < -0.39 is 23.8 Å². The molecular weight excluding hydrogens is 252 g/mol. The summed E-state index contributed by atoms with van der Waals surface area (Å²) in [4.78, 5) is 33.8. The molecular formula is C12H16N2O5. The van der Waals surface area contributed by atoms with E-state index in [1.807, 2.05) is 6.92 Å². The molecule has 0 spiro atoms. The monoisotopic (exact) mass is 268 g/mol. The van der Waals surface area contributed by atoms with Gasteiger partial charge in [0, 0.05) is 0 Å². The van der Waals surface area contributed by atoms with E-state index in [2.05, 4.69) is 10.6 Å². The quantitative estimate of drug-likeness (QED) is 0.662. The van der Waals surface area contributed by atoms with E-state index in [-0.39, 0.29) is 12.3 Å². The molecule has 1 aromatic heterocycles. The highest BCUT2D eigenvalue weighted by atomic mass is 16.4. The van der Waals surface area contributed by atoms with Crippen LogP contribution in [0.25, 0.3) is 0 Å². The number of amides is 2. The lowest BCUT2D eigenvalue weighted by Gasteiger charge is -2.13. The Balaban J connectivity index is 2.38. The van der Waals surface area contributed by atoms with E-state index in [0.29, 0.717) is 12.8 Å². The van der Waals surface area contributed by atoms with Crippen LogP contribution in [0.4, 0.5) is 0 Å². The normalized spacial score (nSPS) is 11.6. The number of carboxylic acids is 1. The highest BCUT2D eigenvalue weighted by Crippen LogP contribution is 1.99. The first-order valence-corrected chi connectivity index (χ1v) is 5.88. The van der Waals surface area contributed by atoms with Crippen molar-refractivity contribution in [3.63, 3.8) is 0 Å². The highest BCUT2D eigenvalue weighted by Gasteiger charge is 2.19. The molecule has 1 heterocycles. The van der Waals surface area contributed by atoms with Crippen LogP contribution < -0.4 is 10.6 Å². The molecule has 0 saturated carbocycles. The van der Waals surface area contributed by atoms with Crippen molar-refractivity contribution in [2.45, 2.75) is 25.8 Å². The van der Waals surface area contributed by atoms with Gasteiger partial charge < -0.3 is 20.2 Å². The second-order valence-corrected chi connectivity index (χ2v) is 3.91. The molecule has 0 saturated heterocycles. The van der Waals surface area contributed by atoms with E-state index in [1.54, 1.807) is 6.07 Å². The van der Waals surface area contributed by atoms with E-state index >= 15 is 0 Å². The van der Waals surface area contributed by atoms with Crippen molar-refractivity contribution in [1.82, 2.24) is 10.6 Å². The lowest BCUT2D eigenvalue weighted by atomic mass is 10.1. The van der Waals surface area contributed by atoms with Crippen LogP contribution in [0.5, 0.6) is 0 Å². The molecule has 0 fully saturated rings. The largest absolute Gasteiger partial charge is 0.480 e. The Morgan fingerprint density at radius 3 is 2.68 bits per heavy atom. The van der Waals surface area contributed by atoms with Crippen LogP contribution in [0.3, 0.4) is 0 Å². The number of nitrogens with one attached hydrogen (secondary N) is 2. The van der Waals surface area contributed by atoms with Gasteiger partial charge in [-0.15, -0.1) is 0 Å². The van der Waals surface area contributed by atoms with Gasteiger partial charge in [-0.25, -0.2) is 4.79 Å². The molecule has 7 nitrogen and oxygen atoms in total. The van der Waals surface area contributed by atoms with Gasteiger partial charge in [-0.05, 0) is 18.6 Å². The summed E-state index contributed by atoms with van der Waals surface area (Å²) in [6, 6.07) is 2.08. The highest BCUT2D eigenvalue weighted by molar-refractivity contribution is 5.94. The summed E-state index contributed by atoms with van der Waals surface area (Å²) in [5, 5.41) is 13.5. The van der Waals surface area contributed by atoms with E-state index in [4.69, 9.17) is 9.52 Å². The van der Waals surface area contributed by atoms with Crippen LogP contribution in [0, 0.1) is 0 Å². The Bertz CT molecular complexity index is 441. The van der Waals surface area contributed by atoms with Gasteiger partial charge in [0.1, 0.15) is 6.04 Å². The molecule has 1 aromatic rings. The Morgan fingerprint density at radius 2 is 2.16 bits per heavy atom. The number of carbonyl (C=O) groups excluding carboxylic acids is 2. The fraction of sp³-hybridized carbons (Fsp3) is 0.417. The Hall–Kier alpha value is -2.31. The first-order chi connectivity index (χ1) is 9.04. The number of aliphatic carboxylic acids is 1. The zero-order valence-corrected chi connectivity index (χ0v) is 10.5. The summed E-state index contributed by atoms with van der Waals surface area (Å²) >= 11 is 0. The smallest absolute Gasteiger partial charge is 0.326 e. The summed E-state index contributed by atoms with van der Waals surface area (Å²) in [6.07, 6.45) is 2.32. The number of furan rings is 1. The van der Waals surface area contributed by atoms with Crippen molar-refractivity contribution < 1.29 is 23.9 Å². The molecule has 2 amide bonds. The number of carboxylic acid groups (broad SMARTS) is 1. The molecule has 0 bridgehead atoms. The second kappa shape index (κ2) is 7.20. The van der Waals surface area contributed by atoms with Crippen LogP contribution in [-0.4, -0.2) is 35.5 Å². The third-order valence-electron chi connectivity index (χ3n) is 2.37. The van der Waals surface area contributed by atoms with Crippen LogP contribution in [-0.2, 0) is 9.59 Å². The van der Waals surface area contributed by atoms with Gasteiger partial charge in [0.2, 0.25) is 5.91 Å². The SMILES string of the molecule is CCCC(NC(=O)CNC(=O)c1ccco1)C(=O)O. The summed E-state index contributed by atoms with van der Waals surface area (Å²) in [5.74, 6) is -2.08. The van der Waals surface area contributed by atoms with Crippen LogP contribution in [0.1, 0.15) is 30.3 Å². The van der Waals surface area contributed by atoms with Gasteiger partial charge in [0.25, 0.3) is 5.91 Å². The van der Waals surface area contributed by atoms with Crippen LogP contribution >= 0.6 is 0 Å².